The van der Waals surface area contributed by atoms with E-state index in [9.17, 15) is 22.8 Å². The van der Waals surface area contributed by atoms with Crippen molar-refractivity contribution in [1.82, 2.24) is 15.2 Å². The van der Waals surface area contributed by atoms with E-state index in [1.54, 1.807) is 11.9 Å². The number of aliphatic hydroxyl groups excluding tert-OH is 2. The van der Waals surface area contributed by atoms with Crippen LogP contribution in [0.25, 0.3) is 0 Å². The van der Waals surface area contributed by atoms with Gasteiger partial charge in [-0.1, -0.05) is 6.07 Å². The van der Waals surface area contributed by atoms with Crippen molar-refractivity contribution in [2.24, 2.45) is 0 Å². The van der Waals surface area contributed by atoms with Gasteiger partial charge in [-0.25, -0.2) is 4.79 Å². The first kappa shape index (κ1) is 25.8. The number of carbonyl (C=O) groups is 1. The van der Waals surface area contributed by atoms with E-state index in [0.717, 1.165) is 18.2 Å². The molecule has 0 radical (unpaired) electrons. The number of terminal acetylenes is 1. The smallest absolute Gasteiger partial charge is 0.431 e. The normalized spacial score (nSPS) is 20.2. The lowest BCUT2D eigenvalue weighted by Crippen LogP contribution is -2.42. The number of nitrogens with zero attached hydrogens (tertiary/aromatic N) is 2. The molecule has 1 aliphatic rings. The fourth-order valence-electron chi connectivity index (χ4n) is 2.09. The Kier molecular flexibility index (Phi) is 9.81. The molecule has 3 rings (SSSR count). The average molecular weight is 443 g/mol. The number of aromatic amines is 1. The van der Waals surface area contributed by atoms with Crippen LogP contribution in [0.5, 0.6) is 0 Å². The molecule has 3 unspecified atom stereocenters. The number of aromatic nitrogens is 3. The predicted octanol–water partition coefficient (Wildman–Crippen LogP) is 1.07. The Balaban J connectivity index is 0.000000234. The Morgan fingerprint density at radius 2 is 1.94 bits per heavy atom. The molecular weight excluding hydrogens is 423 g/mol. The highest BCUT2D eigenvalue weighted by Gasteiger charge is 2.31. The second-order valence-corrected chi connectivity index (χ2v) is 6.10. The number of ether oxygens (including phenoxy) is 1. The standard InChI is InChI=1S/C7H4N2O2.C6H4F3NO.C6H12O3/c1-2-5-3-4-6(7(10)11)9-8-5;7-6(8,9)4-2-1-3-5(11)10-4;1-4-6(8)5(7)2-3-9-4/h1,3-4H,(H,10,11);1-3H,(H,10,11);4-8H,2-3H2,1H3. The van der Waals surface area contributed by atoms with Crippen LogP contribution in [0.15, 0.2) is 35.1 Å². The molecule has 3 atom stereocenters. The molecule has 0 saturated carbocycles. The van der Waals surface area contributed by atoms with Gasteiger partial charge in [0.2, 0.25) is 5.56 Å². The second kappa shape index (κ2) is 11.8. The topological polar surface area (TPSA) is 146 Å². The Bertz CT molecular complexity index is 930. The number of alkyl halides is 3. The number of hydrogen-bond acceptors (Lipinski definition) is 7. The zero-order valence-corrected chi connectivity index (χ0v) is 16.2. The van der Waals surface area contributed by atoms with Crippen LogP contribution in [-0.2, 0) is 10.9 Å². The highest BCUT2D eigenvalue weighted by atomic mass is 19.4. The van der Waals surface area contributed by atoms with Crippen LogP contribution in [-0.4, -0.2) is 61.4 Å². The lowest BCUT2D eigenvalue weighted by Gasteiger charge is -2.29. The summed E-state index contributed by atoms with van der Waals surface area (Å²) in [7, 11) is 0. The molecule has 1 fully saturated rings. The number of aromatic carboxylic acids is 1. The molecule has 4 N–H and O–H groups in total. The molecule has 0 bridgehead atoms. The van der Waals surface area contributed by atoms with Crippen molar-refractivity contribution in [3.63, 3.8) is 0 Å². The van der Waals surface area contributed by atoms with Crippen LogP contribution in [0.4, 0.5) is 13.2 Å². The minimum atomic E-state index is -4.47. The predicted molar refractivity (Wildman–Crippen MR) is 101 cm³/mol. The SMILES string of the molecule is C#Cc1ccc(C(=O)O)nn1.CC1OCCC(O)C1O.O=c1cccc(C(F)(F)F)[nH]1. The van der Waals surface area contributed by atoms with E-state index in [2.05, 4.69) is 16.1 Å². The first-order valence-corrected chi connectivity index (χ1v) is 8.73. The van der Waals surface area contributed by atoms with Crippen LogP contribution in [0.1, 0.15) is 35.2 Å². The molecule has 0 amide bonds. The number of pyridine rings is 1. The molecule has 0 spiro atoms. The second-order valence-electron chi connectivity index (χ2n) is 6.10. The molecule has 1 aliphatic heterocycles. The largest absolute Gasteiger partial charge is 0.476 e. The number of carboxylic acid groups (broad SMARTS) is 1. The molecule has 9 nitrogen and oxygen atoms in total. The Morgan fingerprint density at radius 3 is 2.32 bits per heavy atom. The fourth-order valence-corrected chi connectivity index (χ4v) is 2.09. The number of halogens is 3. The van der Waals surface area contributed by atoms with Crippen LogP contribution >= 0.6 is 0 Å². The summed E-state index contributed by atoms with van der Waals surface area (Å²) in [6.07, 6.45) is -0.447. The Morgan fingerprint density at radius 1 is 1.26 bits per heavy atom. The van der Waals surface area contributed by atoms with Gasteiger partial charge in [-0.3, -0.25) is 4.79 Å². The molecule has 3 heterocycles. The molecule has 2 aromatic rings. The number of carboxylic acids is 1. The van der Waals surface area contributed by atoms with Gasteiger partial charge in [0.15, 0.2) is 5.69 Å². The number of aliphatic hydroxyl groups is 2. The van der Waals surface area contributed by atoms with Crippen LogP contribution in [0, 0.1) is 12.3 Å². The van der Waals surface area contributed by atoms with Crippen molar-refractivity contribution >= 4 is 5.97 Å². The van der Waals surface area contributed by atoms with Gasteiger partial charge in [0.25, 0.3) is 0 Å². The van der Waals surface area contributed by atoms with Gasteiger partial charge in [0.05, 0.1) is 12.2 Å². The van der Waals surface area contributed by atoms with E-state index in [0.29, 0.717) is 18.7 Å². The van der Waals surface area contributed by atoms with Crippen molar-refractivity contribution in [3.8, 4) is 12.3 Å². The molecule has 0 aliphatic carbocycles. The van der Waals surface area contributed by atoms with Crippen LogP contribution in [0.3, 0.4) is 0 Å². The summed E-state index contributed by atoms with van der Waals surface area (Å²) in [5.74, 6) is 1.12. The summed E-state index contributed by atoms with van der Waals surface area (Å²) < 4.78 is 40.4. The summed E-state index contributed by atoms with van der Waals surface area (Å²) in [4.78, 5) is 22.3. The zero-order valence-electron chi connectivity index (χ0n) is 16.2. The Hall–Kier alpha value is -3.27. The molecule has 2 aromatic heterocycles. The highest BCUT2D eigenvalue weighted by Crippen LogP contribution is 2.25. The summed E-state index contributed by atoms with van der Waals surface area (Å²) in [5.41, 5.74) is -1.55. The first-order valence-electron chi connectivity index (χ1n) is 8.73. The van der Waals surface area contributed by atoms with E-state index < -0.39 is 35.6 Å². The highest BCUT2D eigenvalue weighted by molar-refractivity contribution is 5.84. The monoisotopic (exact) mass is 443 g/mol. The third-order valence-electron chi connectivity index (χ3n) is 3.77. The van der Waals surface area contributed by atoms with E-state index in [1.807, 2.05) is 0 Å². The third kappa shape index (κ3) is 8.95. The lowest BCUT2D eigenvalue weighted by atomic mass is 10.0. The van der Waals surface area contributed by atoms with Gasteiger partial charge in [-0.15, -0.1) is 16.6 Å². The number of nitrogens with one attached hydrogen (secondary N) is 1. The number of rotatable bonds is 1. The van der Waals surface area contributed by atoms with Crippen LogP contribution in [0.2, 0.25) is 0 Å². The van der Waals surface area contributed by atoms with Crippen molar-refractivity contribution in [2.75, 3.05) is 6.61 Å². The molecule has 1 saturated heterocycles. The Labute approximate surface area is 174 Å². The summed E-state index contributed by atoms with van der Waals surface area (Å²) in [5, 5.41) is 33.3. The zero-order chi connectivity index (χ0) is 23.6. The maximum atomic E-state index is 11.8. The van der Waals surface area contributed by atoms with E-state index in [4.69, 9.17) is 26.5 Å². The minimum Gasteiger partial charge on any atom is -0.476 e. The molecular formula is C19H20F3N3O6. The van der Waals surface area contributed by atoms with Gasteiger partial charge in [-0.05, 0) is 37.5 Å². The summed E-state index contributed by atoms with van der Waals surface area (Å²) in [6.45, 7) is 2.31. The van der Waals surface area contributed by atoms with Gasteiger partial charge >= 0.3 is 12.1 Å². The van der Waals surface area contributed by atoms with Gasteiger partial charge in [-0.2, -0.15) is 13.2 Å². The van der Waals surface area contributed by atoms with Gasteiger partial charge < -0.3 is 25.0 Å². The van der Waals surface area contributed by atoms with E-state index >= 15 is 0 Å². The number of hydrogen-bond donors (Lipinski definition) is 4. The van der Waals surface area contributed by atoms with E-state index in [1.165, 1.54) is 12.1 Å². The maximum absolute atomic E-state index is 11.8. The van der Waals surface area contributed by atoms with Crippen molar-refractivity contribution in [3.05, 3.63) is 57.8 Å². The average Bonchev–Trinajstić information content (AvgIpc) is 2.72. The van der Waals surface area contributed by atoms with Gasteiger partial charge in [0.1, 0.15) is 17.5 Å². The molecule has 12 heteroatoms. The lowest BCUT2D eigenvalue weighted by molar-refractivity contribution is -0.141. The first-order chi connectivity index (χ1) is 14.5. The quantitative estimate of drug-likeness (QED) is 0.479. The van der Waals surface area contributed by atoms with Crippen LogP contribution < -0.4 is 5.56 Å². The third-order valence-corrected chi connectivity index (χ3v) is 3.77. The summed E-state index contributed by atoms with van der Waals surface area (Å²) >= 11 is 0. The maximum Gasteiger partial charge on any atom is 0.431 e. The number of H-pyrrole nitrogens is 1. The van der Waals surface area contributed by atoms with Gasteiger partial charge in [0, 0.05) is 12.7 Å². The van der Waals surface area contributed by atoms with Crippen molar-refractivity contribution in [1.29, 1.82) is 0 Å². The minimum absolute atomic E-state index is 0.107. The fraction of sp³-hybridized carbons (Fsp3) is 0.368. The summed E-state index contributed by atoms with van der Waals surface area (Å²) in [6, 6.07) is 5.62. The molecule has 168 valence electrons. The van der Waals surface area contributed by atoms with Crippen molar-refractivity contribution in [2.45, 2.75) is 37.8 Å². The van der Waals surface area contributed by atoms with E-state index in [-0.39, 0.29) is 11.8 Å². The molecule has 0 aromatic carbocycles. The van der Waals surface area contributed by atoms with Crippen molar-refractivity contribution < 1.29 is 38.0 Å². The molecule has 31 heavy (non-hydrogen) atoms.